The van der Waals surface area contributed by atoms with Gasteiger partial charge in [0.15, 0.2) is 5.69 Å². The molecule has 0 unspecified atom stereocenters. The number of hydrogen-bond donors (Lipinski definition) is 2. The second-order valence-electron chi connectivity index (χ2n) is 5.82. The maximum Gasteiger partial charge on any atom is 0.410 e. The standard InChI is InChI=1S/C14H20N2O4/c1-14(2,3)20-13(17)16-8-12(9-16)19-11-6-4-10(15-18)5-7-11/h4-7,12,15,18H,8-9H2,1-3H3/p+1. The Bertz CT molecular complexity index is 461. The van der Waals surface area contributed by atoms with Gasteiger partial charge < -0.3 is 14.4 Å². The lowest BCUT2D eigenvalue weighted by molar-refractivity contribution is -0.825. The summed E-state index contributed by atoms with van der Waals surface area (Å²) in [6, 6.07) is 7.11. The van der Waals surface area contributed by atoms with Crippen LogP contribution < -0.4 is 10.2 Å². The minimum Gasteiger partial charge on any atom is -0.487 e. The highest BCUT2D eigenvalue weighted by molar-refractivity contribution is 5.69. The molecule has 0 bridgehead atoms. The molecule has 110 valence electrons. The van der Waals surface area contributed by atoms with Crippen molar-refractivity contribution in [1.82, 2.24) is 4.90 Å². The zero-order valence-corrected chi connectivity index (χ0v) is 12.0. The summed E-state index contributed by atoms with van der Waals surface area (Å²) in [6.07, 6.45) is -0.311. The summed E-state index contributed by atoms with van der Waals surface area (Å²) in [6.45, 7) is 6.60. The van der Waals surface area contributed by atoms with Crippen LogP contribution in [0, 0.1) is 0 Å². The molecule has 2 rings (SSSR count). The summed E-state index contributed by atoms with van der Waals surface area (Å²) in [5.74, 6) is 0.726. The average molecular weight is 281 g/mol. The highest BCUT2D eigenvalue weighted by Crippen LogP contribution is 2.21. The zero-order chi connectivity index (χ0) is 14.8. The summed E-state index contributed by atoms with van der Waals surface area (Å²) in [4.78, 5) is 13.4. The lowest BCUT2D eigenvalue weighted by Crippen LogP contribution is -2.73. The van der Waals surface area contributed by atoms with E-state index >= 15 is 0 Å². The van der Waals surface area contributed by atoms with Gasteiger partial charge >= 0.3 is 6.09 Å². The zero-order valence-electron chi connectivity index (χ0n) is 12.0. The number of ether oxygens (including phenoxy) is 2. The Labute approximate surface area is 118 Å². The van der Waals surface area contributed by atoms with Crippen LogP contribution in [-0.4, -0.2) is 41.0 Å². The van der Waals surface area contributed by atoms with E-state index in [-0.39, 0.29) is 12.2 Å². The van der Waals surface area contributed by atoms with E-state index < -0.39 is 5.60 Å². The molecule has 1 amide bonds. The van der Waals surface area contributed by atoms with Gasteiger partial charge in [-0.05, 0) is 32.9 Å². The molecule has 20 heavy (non-hydrogen) atoms. The van der Waals surface area contributed by atoms with Crippen LogP contribution >= 0.6 is 0 Å². The molecule has 6 nitrogen and oxygen atoms in total. The van der Waals surface area contributed by atoms with Crippen molar-refractivity contribution in [1.29, 1.82) is 0 Å². The number of rotatable bonds is 3. The van der Waals surface area contributed by atoms with Crippen LogP contribution in [0.15, 0.2) is 24.3 Å². The summed E-state index contributed by atoms with van der Waals surface area (Å²) in [7, 11) is 0. The minimum absolute atomic E-state index is 0.00789. The smallest absolute Gasteiger partial charge is 0.410 e. The summed E-state index contributed by atoms with van der Waals surface area (Å²) in [5, 5.41) is 8.83. The largest absolute Gasteiger partial charge is 0.487 e. The number of likely N-dealkylation sites (tertiary alicyclic amines) is 1. The van der Waals surface area contributed by atoms with Crippen molar-refractivity contribution in [3.63, 3.8) is 0 Å². The number of benzene rings is 1. The van der Waals surface area contributed by atoms with Crippen molar-refractivity contribution >= 4 is 11.8 Å². The van der Waals surface area contributed by atoms with Crippen LogP contribution in [0.25, 0.3) is 0 Å². The minimum atomic E-state index is -0.473. The first-order valence-electron chi connectivity index (χ1n) is 6.59. The lowest BCUT2D eigenvalue weighted by atomic mass is 10.1. The van der Waals surface area contributed by atoms with E-state index in [4.69, 9.17) is 14.7 Å². The first-order valence-corrected chi connectivity index (χ1v) is 6.59. The maximum absolute atomic E-state index is 11.7. The molecule has 1 heterocycles. The van der Waals surface area contributed by atoms with Crippen LogP contribution in [-0.2, 0) is 4.74 Å². The number of amides is 1. The molecule has 1 fully saturated rings. The summed E-state index contributed by atoms with van der Waals surface area (Å²) < 4.78 is 11.0. The number of nitrogens with zero attached hydrogens (tertiary/aromatic N) is 1. The fraction of sp³-hybridized carbons (Fsp3) is 0.500. The fourth-order valence-corrected chi connectivity index (χ4v) is 1.81. The Hall–Kier alpha value is -1.79. The van der Waals surface area contributed by atoms with Gasteiger partial charge in [-0.25, -0.2) is 10.0 Å². The monoisotopic (exact) mass is 281 g/mol. The second-order valence-corrected chi connectivity index (χ2v) is 5.82. The van der Waals surface area contributed by atoms with E-state index in [1.807, 2.05) is 20.8 Å². The molecule has 1 saturated heterocycles. The molecule has 0 aliphatic carbocycles. The van der Waals surface area contributed by atoms with Gasteiger partial charge in [-0.2, -0.15) is 5.48 Å². The molecule has 1 aromatic rings. The van der Waals surface area contributed by atoms with Gasteiger partial charge in [-0.1, -0.05) is 0 Å². The molecule has 0 atom stereocenters. The van der Waals surface area contributed by atoms with Crippen LogP contribution in [0.4, 0.5) is 10.5 Å². The SMILES string of the molecule is CC(C)(C)OC(=O)N1CC(Oc2ccc([NH2+]O)cc2)C1. The Morgan fingerprint density at radius 1 is 1.30 bits per heavy atom. The van der Waals surface area contributed by atoms with Crippen LogP contribution in [0.3, 0.4) is 0 Å². The van der Waals surface area contributed by atoms with E-state index in [9.17, 15) is 4.79 Å². The van der Waals surface area contributed by atoms with Gasteiger partial charge in [-0.15, -0.1) is 0 Å². The maximum atomic E-state index is 11.7. The fourth-order valence-electron chi connectivity index (χ4n) is 1.81. The van der Waals surface area contributed by atoms with E-state index in [0.717, 1.165) is 16.9 Å². The summed E-state index contributed by atoms with van der Waals surface area (Å²) >= 11 is 0. The quantitative estimate of drug-likeness (QED) is 0.646. The van der Waals surface area contributed by atoms with Crippen molar-refractivity contribution in [2.24, 2.45) is 0 Å². The molecule has 1 aliphatic heterocycles. The topological polar surface area (TPSA) is 75.6 Å². The van der Waals surface area contributed by atoms with Gasteiger partial charge in [0, 0.05) is 12.1 Å². The molecule has 1 aromatic carbocycles. The van der Waals surface area contributed by atoms with Crippen molar-refractivity contribution in [2.75, 3.05) is 13.1 Å². The number of quaternary nitrogens is 1. The molecule has 3 N–H and O–H groups in total. The molecular formula is C14H21N2O4+. The molecule has 6 heteroatoms. The Morgan fingerprint density at radius 2 is 1.90 bits per heavy atom. The second kappa shape index (κ2) is 5.68. The molecule has 0 radical (unpaired) electrons. The predicted molar refractivity (Wildman–Crippen MR) is 72.0 cm³/mol. The molecular weight excluding hydrogens is 260 g/mol. The van der Waals surface area contributed by atoms with Crippen molar-refractivity contribution in [3.05, 3.63) is 24.3 Å². The number of carbonyl (C=O) groups is 1. The number of hydrogen-bond acceptors (Lipinski definition) is 4. The van der Waals surface area contributed by atoms with Gasteiger partial charge in [0.2, 0.25) is 0 Å². The average Bonchev–Trinajstić information content (AvgIpc) is 2.31. The highest BCUT2D eigenvalue weighted by atomic mass is 16.6. The molecule has 0 saturated carbocycles. The van der Waals surface area contributed by atoms with E-state index in [1.54, 1.807) is 29.2 Å². The third kappa shape index (κ3) is 3.85. The van der Waals surface area contributed by atoms with Gasteiger partial charge in [0.05, 0.1) is 13.1 Å². The van der Waals surface area contributed by atoms with Crippen molar-refractivity contribution < 1.29 is 25.0 Å². The first kappa shape index (κ1) is 14.6. The van der Waals surface area contributed by atoms with Crippen LogP contribution in [0.5, 0.6) is 5.75 Å². The Kier molecular flexibility index (Phi) is 4.15. The summed E-state index contributed by atoms with van der Waals surface area (Å²) in [5.41, 5.74) is 1.29. The number of carbonyl (C=O) groups excluding carboxylic acids is 1. The third-order valence-electron chi connectivity index (χ3n) is 2.83. The Balaban J connectivity index is 1.77. The number of nitrogens with two attached hydrogens (primary N) is 1. The van der Waals surface area contributed by atoms with Gasteiger partial charge in [-0.3, -0.25) is 0 Å². The van der Waals surface area contributed by atoms with Gasteiger partial charge in [0.1, 0.15) is 17.5 Å². The first-order chi connectivity index (χ1) is 9.37. The molecule has 0 spiro atoms. The van der Waals surface area contributed by atoms with Crippen molar-refractivity contribution in [3.8, 4) is 5.75 Å². The predicted octanol–water partition coefficient (Wildman–Crippen LogP) is 1.27. The highest BCUT2D eigenvalue weighted by Gasteiger charge is 2.35. The van der Waals surface area contributed by atoms with E-state index in [0.29, 0.717) is 13.1 Å². The lowest BCUT2D eigenvalue weighted by Gasteiger charge is -2.39. The van der Waals surface area contributed by atoms with Gasteiger partial charge in [0.25, 0.3) is 0 Å². The van der Waals surface area contributed by atoms with Crippen LogP contribution in [0.2, 0.25) is 0 Å². The van der Waals surface area contributed by atoms with Crippen molar-refractivity contribution in [2.45, 2.75) is 32.5 Å². The van der Waals surface area contributed by atoms with Crippen LogP contribution in [0.1, 0.15) is 20.8 Å². The normalized spacial score (nSPS) is 15.7. The Morgan fingerprint density at radius 3 is 2.40 bits per heavy atom. The van der Waals surface area contributed by atoms with E-state index in [1.165, 1.54) is 0 Å². The third-order valence-corrected chi connectivity index (χ3v) is 2.83. The molecule has 0 aromatic heterocycles. The molecule has 1 aliphatic rings. The van der Waals surface area contributed by atoms with E-state index in [2.05, 4.69) is 0 Å².